The SMILES string of the molecule is COc1cc(Br)c(C(Br)C#N)cc1OC. The number of hydrogen-bond acceptors (Lipinski definition) is 3. The fourth-order valence-electron chi connectivity index (χ4n) is 1.13. The smallest absolute Gasteiger partial charge is 0.161 e. The maximum Gasteiger partial charge on any atom is 0.161 e. The molecule has 0 amide bonds. The van der Waals surface area contributed by atoms with Gasteiger partial charge in [0.15, 0.2) is 11.5 Å². The second-order valence-electron chi connectivity index (χ2n) is 2.72. The number of hydrogen-bond donors (Lipinski definition) is 0. The van der Waals surface area contributed by atoms with E-state index in [-0.39, 0.29) is 4.83 Å². The van der Waals surface area contributed by atoms with Crippen LogP contribution in [-0.2, 0) is 0 Å². The Balaban J connectivity index is 3.27. The first-order valence-corrected chi connectivity index (χ1v) is 5.80. The minimum Gasteiger partial charge on any atom is -0.493 e. The normalized spacial score (nSPS) is 11.7. The van der Waals surface area contributed by atoms with Crippen LogP contribution in [0.15, 0.2) is 16.6 Å². The van der Waals surface area contributed by atoms with Gasteiger partial charge in [0.05, 0.1) is 20.3 Å². The molecule has 0 saturated heterocycles. The van der Waals surface area contributed by atoms with Crippen molar-refractivity contribution in [2.24, 2.45) is 0 Å². The lowest BCUT2D eigenvalue weighted by atomic mass is 10.1. The Bertz CT molecular complexity index is 401. The van der Waals surface area contributed by atoms with Crippen molar-refractivity contribution in [1.82, 2.24) is 0 Å². The van der Waals surface area contributed by atoms with Gasteiger partial charge in [-0.25, -0.2) is 0 Å². The van der Waals surface area contributed by atoms with Crippen LogP contribution in [0.2, 0.25) is 0 Å². The molecular formula is C10H9Br2NO2. The summed E-state index contributed by atoms with van der Waals surface area (Å²) in [6, 6.07) is 5.65. The monoisotopic (exact) mass is 333 g/mol. The molecule has 0 aliphatic rings. The molecule has 1 aromatic rings. The third-order valence-electron chi connectivity index (χ3n) is 1.89. The van der Waals surface area contributed by atoms with Crippen molar-refractivity contribution in [3.05, 3.63) is 22.2 Å². The highest BCUT2D eigenvalue weighted by Crippen LogP contribution is 2.38. The van der Waals surface area contributed by atoms with Crippen molar-refractivity contribution in [1.29, 1.82) is 5.26 Å². The highest BCUT2D eigenvalue weighted by molar-refractivity contribution is 9.11. The minimum atomic E-state index is -0.369. The Morgan fingerprint density at radius 1 is 1.27 bits per heavy atom. The van der Waals surface area contributed by atoms with E-state index in [2.05, 4.69) is 37.9 Å². The van der Waals surface area contributed by atoms with E-state index in [0.717, 1.165) is 10.0 Å². The molecule has 0 aliphatic heterocycles. The summed E-state index contributed by atoms with van der Waals surface area (Å²) in [7, 11) is 3.13. The predicted molar refractivity (Wildman–Crippen MR) is 64.5 cm³/mol. The molecule has 0 N–H and O–H groups in total. The molecule has 5 heteroatoms. The number of halogens is 2. The van der Waals surface area contributed by atoms with Gasteiger partial charge in [0.25, 0.3) is 0 Å². The third kappa shape index (κ3) is 2.64. The highest BCUT2D eigenvalue weighted by atomic mass is 79.9. The van der Waals surface area contributed by atoms with Crippen molar-refractivity contribution in [2.45, 2.75) is 4.83 Å². The lowest BCUT2D eigenvalue weighted by Gasteiger charge is -2.12. The van der Waals surface area contributed by atoms with Crippen LogP contribution in [0.25, 0.3) is 0 Å². The molecule has 0 heterocycles. The van der Waals surface area contributed by atoms with Crippen molar-refractivity contribution in [2.75, 3.05) is 14.2 Å². The van der Waals surface area contributed by atoms with E-state index in [1.54, 1.807) is 26.4 Å². The van der Waals surface area contributed by atoms with Gasteiger partial charge >= 0.3 is 0 Å². The van der Waals surface area contributed by atoms with Gasteiger partial charge in [-0.1, -0.05) is 31.9 Å². The fraction of sp³-hybridized carbons (Fsp3) is 0.300. The zero-order valence-electron chi connectivity index (χ0n) is 8.25. The molecule has 0 aliphatic carbocycles. The fourth-order valence-corrected chi connectivity index (χ4v) is 2.37. The minimum absolute atomic E-state index is 0.369. The van der Waals surface area contributed by atoms with Gasteiger partial charge in [-0.2, -0.15) is 5.26 Å². The first-order valence-electron chi connectivity index (χ1n) is 4.09. The maximum absolute atomic E-state index is 8.81. The molecule has 1 rings (SSSR count). The Hall–Kier alpha value is -0.730. The van der Waals surface area contributed by atoms with Crippen molar-refractivity contribution in [3.63, 3.8) is 0 Å². The summed E-state index contributed by atoms with van der Waals surface area (Å²) >= 11 is 6.63. The second kappa shape index (κ2) is 5.38. The van der Waals surface area contributed by atoms with Crippen molar-refractivity contribution >= 4 is 31.9 Å². The van der Waals surface area contributed by atoms with Gasteiger partial charge in [0, 0.05) is 4.47 Å². The Morgan fingerprint density at radius 2 is 1.80 bits per heavy atom. The average Bonchev–Trinajstić information content (AvgIpc) is 2.27. The predicted octanol–water partition coefficient (Wildman–Crippen LogP) is 3.43. The molecule has 0 saturated carbocycles. The number of nitrogens with zero attached hydrogens (tertiary/aromatic N) is 1. The first-order chi connectivity index (χ1) is 7.13. The summed E-state index contributed by atoms with van der Waals surface area (Å²) in [5, 5.41) is 8.81. The molecule has 0 radical (unpaired) electrons. The Labute approximate surface area is 105 Å². The summed E-state index contributed by atoms with van der Waals surface area (Å²) in [5.74, 6) is 1.24. The largest absolute Gasteiger partial charge is 0.493 e. The molecule has 3 nitrogen and oxygen atoms in total. The average molecular weight is 335 g/mol. The van der Waals surface area contributed by atoms with Crippen LogP contribution in [0.5, 0.6) is 11.5 Å². The molecule has 80 valence electrons. The molecule has 0 aromatic heterocycles. The van der Waals surface area contributed by atoms with E-state index >= 15 is 0 Å². The molecule has 0 fully saturated rings. The number of benzene rings is 1. The van der Waals surface area contributed by atoms with E-state index in [1.807, 2.05) is 0 Å². The molecule has 15 heavy (non-hydrogen) atoms. The van der Waals surface area contributed by atoms with Gasteiger partial charge in [-0.15, -0.1) is 0 Å². The molecule has 1 unspecified atom stereocenters. The van der Waals surface area contributed by atoms with E-state index in [0.29, 0.717) is 11.5 Å². The van der Waals surface area contributed by atoms with Gasteiger partial charge in [-0.05, 0) is 17.7 Å². The highest BCUT2D eigenvalue weighted by Gasteiger charge is 2.15. The quantitative estimate of drug-likeness (QED) is 0.795. The second-order valence-corrected chi connectivity index (χ2v) is 4.49. The van der Waals surface area contributed by atoms with Crippen molar-refractivity contribution < 1.29 is 9.47 Å². The molecule has 1 atom stereocenters. The number of methoxy groups -OCH3 is 2. The summed E-state index contributed by atoms with van der Waals surface area (Å²) in [5.41, 5.74) is 0.815. The molecule has 1 aromatic carbocycles. The summed E-state index contributed by atoms with van der Waals surface area (Å²) in [6.07, 6.45) is 0. The van der Waals surface area contributed by atoms with E-state index in [4.69, 9.17) is 14.7 Å². The zero-order chi connectivity index (χ0) is 11.4. The first kappa shape index (κ1) is 12.3. The van der Waals surface area contributed by atoms with Crippen LogP contribution in [0.4, 0.5) is 0 Å². The summed E-state index contributed by atoms with van der Waals surface area (Å²) < 4.78 is 11.1. The van der Waals surface area contributed by atoms with Crippen LogP contribution in [0.3, 0.4) is 0 Å². The molecular weight excluding hydrogens is 326 g/mol. The number of ether oxygens (including phenoxy) is 2. The maximum atomic E-state index is 8.81. The van der Waals surface area contributed by atoms with E-state index in [1.165, 1.54) is 0 Å². The van der Waals surface area contributed by atoms with E-state index in [9.17, 15) is 0 Å². The van der Waals surface area contributed by atoms with Crippen LogP contribution < -0.4 is 9.47 Å². The van der Waals surface area contributed by atoms with Gasteiger partial charge < -0.3 is 9.47 Å². The van der Waals surface area contributed by atoms with Gasteiger partial charge in [0.1, 0.15) is 4.83 Å². The molecule has 0 bridgehead atoms. The lowest BCUT2D eigenvalue weighted by molar-refractivity contribution is 0.354. The van der Waals surface area contributed by atoms with Crippen LogP contribution >= 0.6 is 31.9 Å². The standard InChI is InChI=1S/C10H9Br2NO2/c1-14-9-3-6(8(12)5-13)7(11)4-10(9)15-2/h3-4,8H,1-2H3. The van der Waals surface area contributed by atoms with Crippen LogP contribution in [0, 0.1) is 11.3 Å². The van der Waals surface area contributed by atoms with E-state index < -0.39 is 0 Å². The lowest BCUT2D eigenvalue weighted by Crippen LogP contribution is -1.95. The Morgan fingerprint density at radius 3 is 2.27 bits per heavy atom. The van der Waals surface area contributed by atoms with Crippen LogP contribution in [0.1, 0.15) is 10.4 Å². The summed E-state index contributed by atoms with van der Waals surface area (Å²) in [6.45, 7) is 0. The topological polar surface area (TPSA) is 42.2 Å². The third-order valence-corrected chi connectivity index (χ3v) is 3.27. The van der Waals surface area contributed by atoms with Gasteiger partial charge in [0.2, 0.25) is 0 Å². The summed E-state index contributed by atoms with van der Waals surface area (Å²) in [4.78, 5) is -0.369. The number of rotatable bonds is 3. The van der Waals surface area contributed by atoms with Gasteiger partial charge in [-0.3, -0.25) is 0 Å². The number of alkyl halides is 1. The zero-order valence-corrected chi connectivity index (χ0v) is 11.4. The molecule has 0 spiro atoms. The Kier molecular flexibility index (Phi) is 4.43. The van der Waals surface area contributed by atoms with Crippen LogP contribution in [-0.4, -0.2) is 14.2 Å². The van der Waals surface area contributed by atoms with Crippen molar-refractivity contribution in [3.8, 4) is 17.6 Å². The number of nitriles is 1.